The first-order valence-corrected chi connectivity index (χ1v) is 8.33. The second-order valence-corrected chi connectivity index (χ2v) is 5.73. The Morgan fingerprint density at radius 2 is 2.14 bits per heavy atom. The van der Waals surface area contributed by atoms with E-state index in [2.05, 4.69) is 40.5 Å². The van der Waals surface area contributed by atoms with E-state index in [1.165, 1.54) is 17.8 Å². The smallest absolute Gasteiger partial charge is 0.251 e. The highest BCUT2D eigenvalue weighted by Gasteiger charge is 2.19. The molecule has 0 fully saturated rings. The van der Waals surface area contributed by atoms with Crippen LogP contribution in [-0.4, -0.2) is 35.4 Å². The average molecular weight is 319 g/mol. The van der Waals surface area contributed by atoms with Crippen LogP contribution < -0.4 is 10.9 Å². The van der Waals surface area contributed by atoms with Gasteiger partial charge in [0.15, 0.2) is 0 Å². The number of pyridine rings is 1. The molecule has 1 unspecified atom stereocenters. The van der Waals surface area contributed by atoms with Crippen molar-refractivity contribution in [3.63, 3.8) is 0 Å². The second kappa shape index (κ2) is 7.91. The van der Waals surface area contributed by atoms with E-state index in [0.717, 1.165) is 13.1 Å². The van der Waals surface area contributed by atoms with Crippen molar-refractivity contribution in [2.45, 2.75) is 19.9 Å². The maximum absolute atomic E-state index is 12.2. The van der Waals surface area contributed by atoms with E-state index in [9.17, 15) is 9.59 Å². The van der Waals surface area contributed by atoms with Crippen molar-refractivity contribution in [1.82, 2.24) is 15.2 Å². The number of carbonyl (C=O) groups is 1. The molecule has 0 aliphatic carbocycles. The third-order valence-corrected chi connectivity index (χ3v) is 4.38. The van der Waals surface area contributed by atoms with E-state index < -0.39 is 0 Å². The summed E-state index contributed by atoms with van der Waals surface area (Å²) in [5.41, 5.74) is 1.32. The van der Waals surface area contributed by atoms with Crippen LogP contribution in [0.3, 0.4) is 0 Å². The molecule has 118 valence electrons. The number of hydrogen-bond donors (Lipinski definition) is 2. The van der Waals surface area contributed by atoms with Gasteiger partial charge in [-0.2, -0.15) is 11.3 Å². The summed E-state index contributed by atoms with van der Waals surface area (Å²) < 4.78 is 0. The monoisotopic (exact) mass is 319 g/mol. The van der Waals surface area contributed by atoms with Crippen molar-refractivity contribution in [2.24, 2.45) is 0 Å². The number of H-pyrrole nitrogens is 1. The number of amides is 1. The van der Waals surface area contributed by atoms with E-state index in [-0.39, 0.29) is 17.5 Å². The van der Waals surface area contributed by atoms with E-state index in [0.29, 0.717) is 12.1 Å². The maximum Gasteiger partial charge on any atom is 0.251 e. The fraction of sp³-hybridized carbons (Fsp3) is 0.375. The summed E-state index contributed by atoms with van der Waals surface area (Å²) in [5.74, 6) is -0.224. The summed E-state index contributed by atoms with van der Waals surface area (Å²) in [6, 6.07) is 5.15. The summed E-state index contributed by atoms with van der Waals surface area (Å²) in [7, 11) is 0. The van der Waals surface area contributed by atoms with Crippen LogP contribution in [0.15, 0.2) is 40.0 Å². The number of carbonyl (C=O) groups excluding carboxylic acids is 1. The molecule has 0 saturated heterocycles. The van der Waals surface area contributed by atoms with Crippen molar-refractivity contribution >= 4 is 17.2 Å². The van der Waals surface area contributed by atoms with Crippen LogP contribution in [0.2, 0.25) is 0 Å². The van der Waals surface area contributed by atoms with Gasteiger partial charge in [0, 0.05) is 24.4 Å². The predicted octanol–water partition coefficient (Wildman–Crippen LogP) is 2.25. The third kappa shape index (κ3) is 4.05. The Labute approximate surface area is 134 Å². The van der Waals surface area contributed by atoms with Gasteiger partial charge >= 0.3 is 0 Å². The molecular weight excluding hydrogens is 298 g/mol. The van der Waals surface area contributed by atoms with Gasteiger partial charge in [-0.1, -0.05) is 13.8 Å². The van der Waals surface area contributed by atoms with Gasteiger partial charge in [-0.3, -0.25) is 14.5 Å². The molecule has 1 amide bonds. The summed E-state index contributed by atoms with van der Waals surface area (Å²) in [6.07, 6.45) is 1.48. The minimum atomic E-state index is -0.272. The molecule has 1 atom stereocenters. The normalized spacial score (nSPS) is 12.3. The number of nitrogens with zero attached hydrogens (tertiary/aromatic N) is 1. The van der Waals surface area contributed by atoms with Crippen LogP contribution in [0, 0.1) is 0 Å². The number of aromatic amines is 1. The molecule has 2 heterocycles. The molecule has 0 aliphatic heterocycles. The summed E-state index contributed by atoms with van der Waals surface area (Å²) >= 11 is 1.65. The molecule has 6 heteroatoms. The molecule has 0 spiro atoms. The van der Waals surface area contributed by atoms with Crippen LogP contribution in [0.25, 0.3) is 0 Å². The third-order valence-electron chi connectivity index (χ3n) is 3.67. The molecule has 0 bridgehead atoms. The molecule has 0 aromatic carbocycles. The number of thiophene rings is 1. The van der Waals surface area contributed by atoms with Crippen LogP contribution in [0.5, 0.6) is 0 Å². The molecule has 0 saturated carbocycles. The molecular formula is C16H21N3O2S. The zero-order valence-electron chi connectivity index (χ0n) is 12.8. The first kappa shape index (κ1) is 16.5. The van der Waals surface area contributed by atoms with Crippen LogP contribution >= 0.6 is 11.3 Å². The minimum Gasteiger partial charge on any atom is -0.350 e. The SMILES string of the molecule is CCN(CC)C(CNC(=O)c1cc[nH]c(=O)c1)c1ccsc1. The van der Waals surface area contributed by atoms with E-state index >= 15 is 0 Å². The van der Waals surface area contributed by atoms with Gasteiger partial charge in [0.2, 0.25) is 5.56 Å². The molecule has 2 N–H and O–H groups in total. The molecule has 5 nitrogen and oxygen atoms in total. The first-order chi connectivity index (χ1) is 10.7. The van der Waals surface area contributed by atoms with Crippen LogP contribution in [-0.2, 0) is 0 Å². The van der Waals surface area contributed by atoms with Crippen molar-refractivity contribution < 1.29 is 4.79 Å². The van der Waals surface area contributed by atoms with E-state index in [4.69, 9.17) is 0 Å². The number of rotatable bonds is 7. The van der Waals surface area contributed by atoms with Gasteiger partial charge in [0.1, 0.15) is 0 Å². The Kier molecular flexibility index (Phi) is 5.91. The maximum atomic E-state index is 12.2. The fourth-order valence-electron chi connectivity index (χ4n) is 2.46. The Morgan fingerprint density at radius 3 is 2.73 bits per heavy atom. The lowest BCUT2D eigenvalue weighted by atomic mass is 10.1. The predicted molar refractivity (Wildman–Crippen MR) is 89.4 cm³/mol. The zero-order valence-corrected chi connectivity index (χ0v) is 13.7. The quantitative estimate of drug-likeness (QED) is 0.822. The Bertz CT molecular complexity index is 647. The lowest BCUT2D eigenvalue weighted by Crippen LogP contribution is -2.38. The van der Waals surface area contributed by atoms with E-state index in [1.54, 1.807) is 17.4 Å². The molecule has 2 rings (SSSR count). The van der Waals surface area contributed by atoms with Crippen molar-refractivity contribution in [2.75, 3.05) is 19.6 Å². The molecule has 2 aromatic heterocycles. The number of hydrogen-bond acceptors (Lipinski definition) is 4. The Hall–Kier alpha value is -1.92. The van der Waals surface area contributed by atoms with Gasteiger partial charge in [0.25, 0.3) is 5.91 Å². The Morgan fingerprint density at radius 1 is 1.36 bits per heavy atom. The minimum absolute atomic E-state index is 0.146. The number of aromatic nitrogens is 1. The van der Waals surface area contributed by atoms with Crippen LogP contribution in [0.1, 0.15) is 35.8 Å². The first-order valence-electron chi connectivity index (χ1n) is 7.38. The van der Waals surface area contributed by atoms with Gasteiger partial charge in [-0.15, -0.1) is 0 Å². The largest absolute Gasteiger partial charge is 0.350 e. The number of likely N-dealkylation sites (N-methyl/N-ethyl adjacent to an activating group) is 1. The van der Waals surface area contributed by atoms with E-state index in [1.807, 2.05) is 5.38 Å². The topological polar surface area (TPSA) is 65.2 Å². The van der Waals surface area contributed by atoms with Crippen molar-refractivity contribution in [3.8, 4) is 0 Å². The standard InChI is InChI=1S/C16H21N3O2S/c1-3-19(4-2)14(13-6-8-22-11-13)10-18-16(21)12-5-7-17-15(20)9-12/h5-9,11,14H,3-4,10H2,1-2H3,(H,17,20)(H,18,21). The fourth-order valence-corrected chi connectivity index (χ4v) is 3.17. The second-order valence-electron chi connectivity index (χ2n) is 4.95. The summed E-state index contributed by atoms with van der Waals surface area (Å²) in [4.78, 5) is 28.3. The highest BCUT2D eigenvalue weighted by Crippen LogP contribution is 2.22. The van der Waals surface area contributed by atoms with Gasteiger partial charge < -0.3 is 10.3 Å². The lowest BCUT2D eigenvalue weighted by molar-refractivity contribution is 0.0935. The molecule has 0 radical (unpaired) electrons. The van der Waals surface area contributed by atoms with Crippen molar-refractivity contribution in [3.05, 3.63) is 56.6 Å². The number of nitrogens with one attached hydrogen (secondary N) is 2. The summed E-state index contributed by atoms with van der Waals surface area (Å²) in [6.45, 7) is 6.57. The van der Waals surface area contributed by atoms with Gasteiger partial charge in [-0.25, -0.2) is 0 Å². The molecule has 22 heavy (non-hydrogen) atoms. The Balaban J connectivity index is 2.08. The average Bonchev–Trinajstić information content (AvgIpc) is 3.05. The molecule has 0 aliphatic rings. The highest BCUT2D eigenvalue weighted by atomic mass is 32.1. The van der Waals surface area contributed by atoms with Gasteiger partial charge in [0.05, 0.1) is 6.04 Å². The molecule has 2 aromatic rings. The summed E-state index contributed by atoms with van der Waals surface area (Å²) in [5, 5.41) is 7.09. The highest BCUT2D eigenvalue weighted by molar-refractivity contribution is 7.07. The lowest BCUT2D eigenvalue weighted by Gasteiger charge is -2.29. The zero-order chi connectivity index (χ0) is 15.9. The van der Waals surface area contributed by atoms with Gasteiger partial charge in [-0.05, 0) is 41.5 Å². The van der Waals surface area contributed by atoms with Crippen molar-refractivity contribution in [1.29, 1.82) is 0 Å². The van der Waals surface area contributed by atoms with Crippen LogP contribution in [0.4, 0.5) is 0 Å².